The van der Waals surface area contributed by atoms with Gasteiger partial charge >= 0.3 is 6.03 Å². The molecular weight excluding hydrogens is 371 g/mol. The molecule has 0 bridgehead atoms. The number of aryl methyl sites for hydroxylation is 1. The van der Waals surface area contributed by atoms with Gasteiger partial charge in [0.1, 0.15) is 17.3 Å². The van der Waals surface area contributed by atoms with Gasteiger partial charge in [0.15, 0.2) is 0 Å². The van der Waals surface area contributed by atoms with Crippen LogP contribution in [0, 0.1) is 12.7 Å². The number of imide groups is 1. The first-order chi connectivity index (χ1) is 13.8. The molecule has 29 heavy (non-hydrogen) atoms. The zero-order valence-electron chi connectivity index (χ0n) is 17.1. The van der Waals surface area contributed by atoms with Crippen LogP contribution in [0.15, 0.2) is 42.1 Å². The van der Waals surface area contributed by atoms with E-state index in [0.717, 1.165) is 27.3 Å². The summed E-state index contributed by atoms with van der Waals surface area (Å²) in [6.07, 6.45) is 1.70. The fourth-order valence-electron chi connectivity index (χ4n) is 3.25. The Hall–Kier alpha value is -3.15. The van der Waals surface area contributed by atoms with E-state index < -0.39 is 11.9 Å². The first-order valence-electron chi connectivity index (χ1n) is 9.66. The van der Waals surface area contributed by atoms with E-state index in [2.05, 4.69) is 19.2 Å². The molecule has 0 saturated carbocycles. The van der Waals surface area contributed by atoms with E-state index in [4.69, 9.17) is 4.74 Å². The topological polar surface area (TPSA) is 58.6 Å². The van der Waals surface area contributed by atoms with Crippen molar-refractivity contribution in [1.29, 1.82) is 0 Å². The largest absolute Gasteiger partial charge is 0.494 e. The number of carbonyl (C=O) groups is 2. The van der Waals surface area contributed by atoms with Crippen molar-refractivity contribution in [2.45, 2.75) is 40.2 Å². The van der Waals surface area contributed by atoms with Gasteiger partial charge in [-0.15, -0.1) is 0 Å². The third-order valence-corrected chi connectivity index (χ3v) is 4.84. The number of rotatable bonds is 6. The molecule has 0 unspecified atom stereocenters. The van der Waals surface area contributed by atoms with Gasteiger partial charge in [0.2, 0.25) is 0 Å². The predicted molar refractivity (Wildman–Crippen MR) is 110 cm³/mol. The van der Waals surface area contributed by atoms with Crippen molar-refractivity contribution < 1.29 is 18.7 Å². The average molecular weight is 396 g/mol. The van der Waals surface area contributed by atoms with Crippen molar-refractivity contribution in [1.82, 2.24) is 10.2 Å². The van der Waals surface area contributed by atoms with Crippen molar-refractivity contribution in [3.8, 4) is 5.75 Å². The maximum atomic E-state index is 13.1. The summed E-state index contributed by atoms with van der Waals surface area (Å²) in [5.74, 6) is 0.317. The number of halogens is 1. The quantitative estimate of drug-likeness (QED) is 0.566. The molecule has 1 aliphatic rings. The summed E-state index contributed by atoms with van der Waals surface area (Å²) in [6.45, 7) is 8.71. The predicted octanol–water partition coefficient (Wildman–Crippen LogP) is 4.75. The number of amides is 3. The highest BCUT2D eigenvalue weighted by atomic mass is 19.1. The summed E-state index contributed by atoms with van der Waals surface area (Å²) < 4.78 is 18.8. The lowest BCUT2D eigenvalue weighted by Gasteiger charge is -2.16. The minimum atomic E-state index is -0.488. The van der Waals surface area contributed by atoms with Crippen molar-refractivity contribution in [3.05, 3.63) is 70.2 Å². The summed E-state index contributed by atoms with van der Waals surface area (Å²) in [5.41, 5.74) is 3.74. The highest BCUT2D eigenvalue weighted by Gasteiger charge is 2.33. The van der Waals surface area contributed by atoms with Crippen molar-refractivity contribution in [2.24, 2.45) is 0 Å². The molecule has 152 valence electrons. The molecule has 1 N–H and O–H groups in total. The Morgan fingerprint density at radius 3 is 2.48 bits per heavy atom. The van der Waals surface area contributed by atoms with E-state index in [-0.39, 0.29) is 24.0 Å². The Morgan fingerprint density at radius 1 is 1.17 bits per heavy atom. The fourth-order valence-corrected chi connectivity index (χ4v) is 3.25. The highest BCUT2D eigenvalue weighted by Crippen LogP contribution is 2.31. The van der Waals surface area contributed by atoms with E-state index in [1.807, 2.05) is 26.0 Å². The standard InChI is InChI=1S/C23H25FN2O3/c1-5-29-21-10-15(4)17(11-19(21)14(2)3)12-20-22(27)26(23(28)25-20)13-16-6-8-18(24)9-7-16/h6-12,14H,5,13H2,1-4H3,(H,25,28). The first kappa shape index (κ1) is 20.6. The van der Waals surface area contributed by atoms with Crippen LogP contribution in [0.2, 0.25) is 0 Å². The maximum absolute atomic E-state index is 13.1. The monoisotopic (exact) mass is 396 g/mol. The second kappa shape index (κ2) is 8.47. The molecule has 0 spiro atoms. The Morgan fingerprint density at radius 2 is 1.86 bits per heavy atom. The molecule has 0 atom stereocenters. The lowest BCUT2D eigenvalue weighted by molar-refractivity contribution is -0.123. The molecule has 2 aromatic carbocycles. The zero-order chi connectivity index (χ0) is 21.1. The summed E-state index contributed by atoms with van der Waals surface area (Å²) in [7, 11) is 0. The second-order valence-electron chi connectivity index (χ2n) is 7.34. The normalized spacial score (nSPS) is 15.4. The smallest absolute Gasteiger partial charge is 0.329 e. The summed E-state index contributed by atoms with van der Waals surface area (Å²) in [6, 6.07) is 9.20. The minimum Gasteiger partial charge on any atom is -0.494 e. The van der Waals surface area contributed by atoms with E-state index in [0.29, 0.717) is 12.2 Å². The molecule has 1 saturated heterocycles. The van der Waals surface area contributed by atoms with E-state index in [1.54, 1.807) is 18.2 Å². The molecule has 1 heterocycles. The van der Waals surface area contributed by atoms with Gasteiger partial charge in [-0.1, -0.05) is 26.0 Å². The third kappa shape index (κ3) is 4.47. The van der Waals surface area contributed by atoms with Gasteiger partial charge < -0.3 is 10.1 Å². The number of hydrogen-bond donors (Lipinski definition) is 1. The van der Waals surface area contributed by atoms with E-state index in [9.17, 15) is 14.0 Å². The molecule has 1 aliphatic heterocycles. The molecule has 0 aromatic heterocycles. The number of urea groups is 1. The number of nitrogens with one attached hydrogen (secondary N) is 1. The van der Waals surface area contributed by atoms with Gasteiger partial charge in [0.05, 0.1) is 13.2 Å². The Bertz CT molecular complexity index is 965. The Kier molecular flexibility index (Phi) is 6.01. The lowest BCUT2D eigenvalue weighted by Crippen LogP contribution is -2.30. The van der Waals surface area contributed by atoms with Crippen LogP contribution in [0.1, 0.15) is 48.9 Å². The van der Waals surface area contributed by atoms with Gasteiger partial charge in [-0.05, 0) is 72.4 Å². The molecule has 2 aromatic rings. The number of carbonyl (C=O) groups excluding carboxylic acids is 2. The molecular formula is C23H25FN2O3. The van der Waals surface area contributed by atoms with Crippen LogP contribution < -0.4 is 10.1 Å². The molecule has 0 radical (unpaired) electrons. The van der Waals surface area contributed by atoms with Crippen LogP contribution in [-0.2, 0) is 11.3 Å². The first-order valence-corrected chi connectivity index (χ1v) is 9.66. The fraction of sp³-hybridized carbons (Fsp3) is 0.304. The number of hydrogen-bond acceptors (Lipinski definition) is 3. The van der Waals surface area contributed by atoms with Crippen molar-refractivity contribution >= 4 is 18.0 Å². The minimum absolute atomic E-state index is 0.0851. The molecule has 3 rings (SSSR count). The summed E-state index contributed by atoms with van der Waals surface area (Å²) in [5, 5.41) is 2.64. The molecule has 0 aliphatic carbocycles. The summed E-state index contributed by atoms with van der Waals surface area (Å²) >= 11 is 0. The molecule has 6 heteroatoms. The van der Waals surface area contributed by atoms with E-state index >= 15 is 0 Å². The Balaban J connectivity index is 1.89. The third-order valence-electron chi connectivity index (χ3n) is 4.84. The van der Waals surface area contributed by atoms with Crippen LogP contribution in [0.3, 0.4) is 0 Å². The molecule has 1 fully saturated rings. The second-order valence-corrected chi connectivity index (χ2v) is 7.34. The van der Waals surface area contributed by atoms with Crippen LogP contribution in [0.5, 0.6) is 5.75 Å². The van der Waals surface area contributed by atoms with Crippen LogP contribution in [0.25, 0.3) is 6.08 Å². The van der Waals surface area contributed by atoms with Crippen molar-refractivity contribution in [2.75, 3.05) is 6.61 Å². The lowest BCUT2D eigenvalue weighted by atomic mass is 9.96. The van der Waals surface area contributed by atoms with Gasteiger partial charge in [-0.2, -0.15) is 0 Å². The van der Waals surface area contributed by atoms with Crippen LogP contribution >= 0.6 is 0 Å². The van der Waals surface area contributed by atoms with Crippen LogP contribution in [0.4, 0.5) is 9.18 Å². The molecule has 5 nitrogen and oxygen atoms in total. The number of nitrogens with zero attached hydrogens (tertiary/aromatic N) is 1. The van der Waals surface area contributed by atoms with Gasteiger partial charge in [0, 0.05) is 0 Å². The summed E-state index contributed by atoms with van der Waals surface area (Å²) in [4.78, 5) is 26.2. The van der Waals surface area contributed by atoms with Gasteiger partial charge in [-0.25, -0.2) is 9.18 Å². The number of ether oxygens (including phenoxy) is 1. The maximum Gasteiger partial charge on any atom is 0.329 e. The van der Waals surface area contributed by atoms with Gasteiger partial charge in [0.25, 0.3) is 5.91 Å². The van der Waals surface area contributed by atoms with E-state index in [1.165, 1.54) is 12.1 Å². The number of benzene rings is 2. The highest BCUT2D eigenvalue weighted by molar-refractivity contribution is 6.14. The molecule has 3 amide bonds. The Labute approximate surface area is 170 Å². The van der Waals surface area contributed by atoms with Crippen molar-refractivity contribution in [3.63, 3.8) is 0 Å². The SMILES string of the molecule is CCOc1cc(C)c(C=C2NC(=O)N(Cc3ccc(F)cc3)C2=O)cc1C(C)C. The van der Waals surface area contributed by atoms with Gasteiger partial charge in [-0.3, -0.25) is 9.69 Å². The zero-order valence-corrected chi connectivity index (χ0v) is 17.1. The van der Waals surface area contributed by atoms with Crippen LogP contribution in [-0.4, -0.2) is 23.4 Å². The average Bonchev–Trinajstić information content (AvgIpc) is 2.93.